The minimum atomic E-state index is -0.357. The molecule has 182 valence electrons. The summed E-state index contributed by atoms with van der Waals surface area (Å²) in [6.45, 7) is 8.88. The summed E-state index contributed by atoms with van der Waals surface area (Å²) in [4.78, 5) is 29.6. The predicted octanol–water partition coefficient (Wildman–Crippen LogP) is 5.31. The van der Waals surface area contributed by atoms with Gasteiger partial charge >= 0.3 is 0 Å². The Hall–Kier alpha value is -3.16. The molecule has 0 spiro atoms. The van der Waals surface area contributed by atoms with Crippen molar-refractivity contribution in [2.45, 2.75) is 20.8 Å². The van der Waals surface area contributed by atoms with Gasteiger partial charge in [-0.1, -0.05) is 56.6 Å². The first kappa shape index (κ1) is 24.9. The van der Waals surface area contributed by atoms with Crippen LogP contribution in [-0.4, -0.2) is 48.0 Å². The molecular formula is C27H29ClN4O2S. The molecule has 3 aromatic carbocycles. The first-order chi connectivity index (χ1) is 16.6. The number of rotatable bonds is 3. The van der Waals surface area contributed by atoms with Gasteiger partial charge in [0, 0.05) is 58.9 Å². The second-order valence-electron chi connectivity index (χ2n) is 9.62. The van der Waals surface area contributed by atoms with E-state index in [0.717, 1.165) is 35.2 Å². The molecule has 4 rings (SSSR count). The number of anilines is 2. The van der Waals surface area contributed by atoms with E-state index in [4.69, 9.17) is 23.8 Å². The van der Waals surface area contributed by atoms with E-state index < -0.39 is 0 Å². The van der Waals surface area contributed by atoms with Crippen molar-refractivity contribution in [3.63, 3.8) is 0 Å². The summed E-state index contributed by atoms with van der Waals surface area (Å²) in [7, 11) is 0. The highest BCUT2D eigenvalue weighted by Gasteiger charge is 2.29. The van der Waals surface area contributed by atoms with Gasteiger partial charge in [0.2, 0.25) is 5.91 Å². The Morgan fingerprint density at radius 1 is 0.886 bits per heavy atom. The van der Waals surface area contributed by atoms with E-state index >= 15 is 0 Å². The lowest BCUT2D eigenvalue weighted by atomic mass is 9.94. The molecule has 3 aromatic rings. The number of nitrogens with zero attached hydrogens (tertiary/aromatic N) is 2. The lowest BCUT2D eigenvalue weighted by Crippen LogP contribution is -2.51. The van der Waals surface area contributed by atoms with Crippen LogP contribution in [0, 0.1) is 5.41 Å². The van der Waals surface area contributed by atoms with Crippen molar-refractivity contribution in [1.82, 2.24) is 10.2 Å². The minimum Gasteiger partial charge on any atom is -0.368 e. The normalized spacial score (nSPS) is 14.1. The average Bonchev–Trinajstić information content (AvgIpc) is 2.83. The molecule has 35 heavy (non-hydrogen) atoms. The van der Waals surface area contributed by atoms with E-state index in [9.17, 15) is 9.59 Å². The highest BCUT2D eigenvalue weighted by atomic mass is 35.5. The maximum Gasteiger partial charge on any atom is 0.258 e. The Kier molecular flexibility index (Phi) is 7.28. The second kappa shape index (κ2) is 10.2. The monoisotopic (exact) mass is 508 g/mol. The van der Waals surface area contributed by atoms with Crippen molar-refractivity contribution in [2.75, 3.05) is 36.4 Å². The van der Waals surface area contributed by atoms with Crippen LogP contribution in [0.3, 0.4) is 0 Å². The molecule has 1 fully saturated rings. The summed E-state index contributed by atoms with van der Waals surface area (Å²) in [6.07, 6.45) is 0. The fraction of sp³-hybridized carbons (Fsp3) is 0.296. The lowest BCUT2D eigenvalue weighted by molar-refractivity contribution is -0.139. The SMILES string of the molecule is CC(C)(C)C(=O)N1CCN(c2ccc(NC(=S)NC(=O)c3cccc4c(Cl)cccc34)cc2)CC1. The second-order valence-corrected chi connectivity index (χ2v) is 10.4. The summed E-state index contributed by atoms with van der Waals surface area (Å²) >= 11 is 11.6. The molecule has 0 aromatic heterocycles. The zero-order valence-electron chi connectivity index (χ0n) is 20.1. The van der Waals surface area contributed by atoms with Gasteiger partial charge in [0.1, 0.15) is 0 Å². The molecule has 0 saturated carbocycles. The van der Waals surface area contributed by atoms with Gasteiger partial charge in [0.15, 0.2) is 5.11 Å². The molecule has 0 atom stereocenters. The predicted molar refractivity (Wildman–Crippen MR) is 147 cm³/mol. The number of halogens is 1. The molecule has 1 aliphatic heterocycles. The first-order valence-electron chi connectivity index (χ1n) is 11.6. The third kappa shape index (κ3) is 5.74. The van der Waals surface area contributed by atoms with Gasteiger partial charge in [-0.25, -0.2) is 0 Å². The van der Waals surface area contributed by atoms with Crippen LogP contribution in [0.15, 0.2) is 60.7 Å². The van der Waals surface area contributed by atoms with Crippen LogP contribution in [0.25, 0.3) is 10.8 Å². The number of fused-ring (bicyclic) bond motifs is 1. The third-order valence-corrected chi connectivity index (χ3v) is 6.57. The summed E-state index contributed by atoms with van der Waals surface area (Å²) in [5, 5.41) is 8.23. The quantitative estimate of drug-likeness (QED) is 0.469. The third-order valence-electron chi connectivity index (χ3n) is 6.04. The van der Waals surface area contributed by atoms with Crippen molar-refractivity contribution < 1.29 is 9.59 Å². The molecule has 1 heterocycles. The molecule has 2 N–H and O–H groups in total. The van der Waals surface area contributed by atoms with E-state index in [1.807, 2.05) is 68.1 Å². The van der Waals surface area contributed by atoms with Crippen LogP contribution in [0.5, 0.6) is 0 Å². The molecule has 0 unspecified atom stereocenters. The number of hydrogen-bond donors (Lipinski definition) is 2. The van der Waals surface area contributed by atoms with Gasteiger partial charge in [-0.2, -0.15) is 0 Å². The molecule has 8 heteroatoms. The summed E-state index contributed by atoms with van der Waals surface area (Å²) in [5.74, 6) is -0.103. The molecule has 1 saturated heterocycles. The topological polar surface area (TPSA) is 64.7 Å². The Morgan fingerprint density at radius 2 is 1.51 bits per heavy atom. The van der Waals surface area contributed by atoms with Gasteiger partial charge in [0.25, 0.3) is 5.91 Å². The summed E-state index contributed by atoms with van der Waals surface area (Å²) in [5.41, 5.74) is 2.01. The number of carbonyl (C=O) groups is 2. The molecule has 2 amide bonds. The van der Waals surface area contributed by atoms with E-state index in [1.54, 1.807) is 18.2 Å². The van der Waals surface area contributed by atoms with Gasteiger partial charge in [0.05, 0.1) is 0 Å². The number of amides is 2. The summed E-state index contributed by atoms with van der Waals surface area (Å²) in [6, 6.07) is 18.8. The molecule has 1 aliphatic rings. The zero-order chi connectivity index (χ0) is 25.2. The van der Waals surface area contributed by atoms with Crippen molar-refractivity contribution in [1.29, 1.82) is 0 Å². The number of piperazine rings is 1. The highest BCUT2D eigenvalue weighted by molar-refractivity contribution is 7.80. The Labute approximate surface area is 216 Å². The Balaban J connectivity index is 1.34. The molecule has 0 radical (unpaired) electrons. The van der Waals surface area contributed by atoms with E-state index in [2.05, 4.69) is 15.5 Å². The first-order valence-corrected chi connectivity index (χ1v) is 12.4. The lowest BCUT2D eigenvalue weighted by Gasteiger charge is -2.38. The zero-order valence-corrected chi connectivity index (χ0v) is 21.7. The minimum absolute atomic E-state index is 0.193. The standard InChI is InChI=1S/C27H29ClN4O2S/c1-27(2,3)25(34)32-16-14-31(15-17-32)19-12-10-18(11-13-19)29-26(35)30-24(33)22-8-4-7-21-20(22)6-5-9-23(21)28/h4-13H,14-17H2,1-3H3,(H2,29,30,33,35). The molecule has 6 nitrogen and oxygen atoms in total. The smallest absolute Gasteiger partial charge is 0.258 e. The van der Waals surface area contributed by atoms with Crippen LogP contribution in [0.2, 0.25) is 5.02 Å². The van der Waals surface area contributed by atoms with Crippen molar-refractivity contribution >= 4 is 62.9 Å². The van der Waals surface area contributed by atoms with Gasteiger partial charge in [-0.3, -0.25) is 14.9 Å². The Bertz CT molecular complexity index is 1260. The molecule has 0 bridgehead atoms. The fourth-order valence-electron chi connectivity index (χ4n) is 4.20. The molecular weight excluding hydrogens is 480 g/mol. The summed E-state index contributed by atoms with van der Waals surface area (Å²) < 4.78 is 0. The van der Waals surface area contributed by atoms with Crippen LogP contribution in [-0.2, 0) is 4.79 Å². The maximum absolute atomic E-state index is 12.9. The van der Waals surface area contributed by atoms with Crippen LogP contribution in [0.1, 0.15) is 31.1 Å². The van der Waals surface area contributed by atoms with Crippen LogP contribution in [0.4, 0.5) is 11.4 Å². The van der Waals surface area contributed by atoms with Crippen molar-refractivity contribution in [3.8, 4) is 0 Å². The maximum atomic E-state index is 12.9. The largest absolute Gasteiger partial charge is 0.368 e. The van der Waals surface area contributed by atoms with Crippen LogP contribution < -0.4 is 15.5 Å². The van der Waals surface area contributed by atoms with Gasteiger partial charge in [-0.15, -0.1) is 0 Å². The van der Waals surface area contributed by atoms with E-state index in [0.29, 0.717) is 23.7 Å². The van der Waals surface area contributed by atoms with E-state index in [-0.39, 0.29) is 22.3 Å². The Morgan fingerprint density at radius 3 is 2.17 bits per heavy atom. The number of carbonyl (C=O) groups excluding carboxylic acids is 2. The number of benzene rings is 3. The van der Waals surface area contributed by atoms with Crippen LogP contribution >= 0.6 is 23.8 Å². The number of nitrogens with one attached hydrogen (secondary N) is 2. The van der Waals surface area contributed by atoms with Gasteiger partial charge in [-0.05, 0) is 54.0 Å². The number of thiocarbonyl (C=S) groups is 1. The van der Waals surface area contributed by atoms with E-state index in [1.165, 1.54) is 0 Å². The highest BCUT2D eigenvalue weighted by Crippen LogP contribution is 2.26. The van der Waals surface area contributed by atoms with Crippen molar-refractivity contribution in [3.05, 3.63) is 71.2 Å². The van der Waals surface area contributed by atoms with Crippen molar-refractivity contribution in [2.24, 2.45) is 5.41 Å². The average molecular weight is 509 g/mol. The molecule has 0 aliphatic carbocycles. The van der Waals surface area contributed by atoms with Gasteiger partial charge < -0.3 is 15.1 Å². The number of hydrogen-bond acceptors (Lipinski definition) is 4. The fourth-order valence-corrected chi connectivity index (χ4v) is 4.65.